The standard InChI is InChI=1S/C24H25N5O3S/c30-17-6-3-5-16(15-17)20-21-23(27-24(26-20)28-9-12-31-13-10-28)29(19-8-1-2-11-32-19)22(25-21)18-7-4-14-33-18/h3-7,14-15,19,30H,1-2,8-13H2. The molecular weight excluding hydrogens is 438 g/mol. The zero-order valence-corrected chi connectivity index (χ0v) is 19.0. The molecule has 170 valence electrons. The van der Waals surface area contributed by atoms with Crippen LogP contribution in [0.4, 0.5) is 5.95 Å². The molecule has 4 aromatic rings. The number of thiophene rings is 1. The number of aromatic nitrogens is 4. The van der Waals surface area contributed by atoms with Gasteiger partial charge >= 0.3 is 0 Å². The van der Waals surface area contributed by atoms with Gasteiger partial charge < -0.3 is 19.5 Å². The van der Waals surface area contributed by atoms with Crippen LogP contribution in [0.1, 0.15) is 25.5 Å². The van der Waals surface area contributed by atoms with Gasteiger partial charge in [0.25, 0.3) is 0 Å². The second-order valence-electron chi connectivity index (χ2n) is 8.30. The van der Waals surface area contributed by atoms with Gasteiger partial charge in [0.2, 0.25) is 5.95 Å². The number of anilines is 1. The molecule has 0 bridgehead atoms. The van der Waals surface area contributed by atoms with Crippen LogP contribution in [0.15, 0.2) is 41.8 Å². The fourth-order valence-electron chi connectivity index (χ4n) is 4.50. The highest BCUT2D eigenvalue weighted by atomic mass is 32.1. The van der Waals surface area contributed by atoms with E-state index in [-0.39, 0.29) is 12.0 Å². The first-order valence-corrected chi connectivity index (χ1v) is 12.2. The monoisotopic (exact) mass is 463 g/mol. The Morgan fingerprint density at radius 3 is 2.67 bits per heavy atom. The lowest BCUT2D eigenvalue weighted by atomic mass is 10.1. The topological polar surface area (TPSA) is 85.5 Å². The molecule has 9 heteroatoms. The number of fused-ring (bicyclic) bond motifs is 1. The molecule has 5 heterocycles. The fourth-order valence-corrected chi connectivity index (χ4v) is 5.21. The molecule has 8 nitrogen and oxygen atoms in total. The molecule has 0 aliphatic carbocycles. The lowest BCUT2D eigenvalue weighted by molar-refractivity contribution is -0.0287. The lowest BCUT2D eigenvalue weighted by Gasteiger charge is -2.28. The van der Waals surface area contributed by atoms with Gasteiger partial charge in [-0.25, -0.2) is 9.97 Å². The van der Waals surface area contributed by atoms with Gasteiger partial charge in [-0.05, 0) is 42.8 Å². The molecular formula is C24H25N5O3S. The number of imidazole rings is 1. The van der Waals surface area contributed by atoms with Crippen molar-refractivity contribution in [2.24, 2.45) is 0 Å². The largest absolute Gasteiger partial charge is 0.508 e. The van der Waals surface area contributed by atoms with Crippen LogP contribution in [0.3, 0.4) is 0 Å². The Bertz CT molecular complexity index is 1260. The van der Waals surface area contributed by atoms with E-state index in [0.717, 1.165) is 66.4 Å². The van der Waals surface area contributed by atoms with Gasteiger partial charge in [0.05, 0.1) is 18.1 Å². The third kappa shape index (κ3) is 3.86. The van der Waals surface area contributed by atoms with Gasteiger partial charge in [-0.15, -0.1) is 11.3 Å². The summed E-state index contributed by atoms with van der Waals surface area (Å²) in [6, 6.07) is 11.3. The number of rotatable bonds is 4. The minimum atomic E-state index is -0.120. The van der Waals surface area contributed by atoms with E-state index in [4.69, 9.17) is 24.4 Å². The third-order valence-corrected chi connectivity index (χ3v) is 6.99. The van der Waals surface area contributed by atoms with Crippen LogP contribution < -0.4 is 4.90 Å². The van der Waals surface area contributed by atoms with Crippen molar-refractivity contribution in [1.82, 2.24) is 19.5 Å². The van der Waals surface area contributed by atoms with Crippen molar-refractivity contribution in [3.63, 3.8) is 0 Å². The summed E-state index contributed by atoms with van der Waals surface area (Å²) >= 11 is 1.65. The molecule has 0 radical (unpaired) electrons. The van der Waals surface area contributed by atoms with E-state index in [1.54, 1.807) is 23.5 Å². The number of phenolic OH excluding ortho intramolecular Hbond substituents is 1. The summed E-state index contributed by atoms with van der Waals surface area (Å²) in [7, 11) is 0. The first-order valence-electron chi connectivity index (χ1n) is 11.4. The number of hydrogen-bond donors (Lipinski definition) is 1. The van der Waals surface area contributed by atoms with Crippen molar-refractivity contribution in [3.05, 3.63) is 41.8 Å². The Morgan fingerprint density at radius 2 is 1.91 bits per heavy atom. The van der Waals surface area contributed by atoms with Crippen molar-refractivity contribution in [1.29, 1.82) is 0 Å². The van der Waals surface area contributed by atoms with Gasteiger partial charge in [-0.3, -0.25) is 4.57 Å². The van der Waals surface area contributed by atoms with Gasteiger partial charge in [0.15, 0.2) is 11.5 Å². The Morgan fingerprint density at radius 1 is 1.00 bits per heavy atom. The van der Waals surface area contributed by atoms with Crippen LogP contribution in [-0.4, -0.2) is 57.5 Å². The second-order valence-corrected chi connectivity index (χ2v) is 9.25. The Kier molecular flexibility index (Phi) is 5.45. The first-order chi connectivity index (χ1) is 16.3. The maximum atomic E-state index is 10.2. The number of morpholine rings is 1. The van der Waals surface area contributed by atoms with Gasteiger partial charge in [-0.1, -0.05) is 18.2 Å². The number of phenols is 1. The molecule has 3 aromatic heterocycles. The highest BCUT2D eigenvalue weighted by molar-refractivity contribution is 7.13. The van der Waals surface area contributed by atoms with Crippen LogP contribution in [0, 0.1) is 0 Å². The Hall–Kier alpha value is -3.01. The summed E-state index contributed by atoms with van der Waals surface area (Å²) in [5.74, 6) is 1.70. The molecule has 1 unspecified atom stereocenters. The zero-order chi connectivity index (χ0) is 22.2. The van der Waals surface area contributed by atoms with Crippen molar-refractivity contribution in [2.45, 2.75) is 25.5 Å². The van der Waals surface area contributed by atoms with Crippen LogP contribution in [0.2, 0.25) is 0 Å². The number of hydrogen-bond acceptors (Lipinski definition) is 8. The second kappa shape index (κ2) is 8.74. The number of ether oxygens (including phenoxy) is 2. The Balaban J connectivity index is 1.62. The zero-order valence-electron chi connectivity index (χ0n) is 18.2. The molecule has 6 rings (SSSR count). The van der Waals surface area contributed by atoms with Crippen LogP contribution in [0.5, 0.6) is 5.75 Å². The quantitative estimate of drug-likeness (QED) is 0.478. The summed E-state index contributed by atoms with van der Waals surface area (Å²) in [5.41, 5.74) is 3.00. The normalized spacial score (nSPS) is 19.3. The van der Waals surface area contributed by atoms with Gasteiger partial charge in [0, 0.05) is 25.3 Å². The average molecular weight is 464 g/mol. The number of aromatic hydroxyl groups is 1. The fraction of sp³-hybridized carbons (Fsp3) is 0.375. The predicted molar refractivity (Wildman–Crippen MR) is 128 cm³/mol. The molecule has 2 aliphatic rings. The molecule has 1 N–H and O–H groups in total. The molecule has 1 aromatic carbocycles. The van der Waals surface area contributed by atoms with Crippen molar-refractivity contribution < 1.29 is 14.6 Å². The van der Waals surface area contributed by atoms with Crippen LogP contribution >= 0.6 is 11.3 Å². The third-order valence-electron chi connectivity index (χ3n) is 6.13. The summed E-state index contributed by atoms with van der Waals surface area (Å²) in [6.07, 6.45) is 2.97. The maximum absolute atomic E-state index is 10.2. The molecule has 2 aliphatic heterocycles. The van der Waals surface area contributed by atoms with E-state index >= 15 is 0 Å². The minimum Gasteiger partial charge on any atom is -0.508 e. The summed E-state index contributed by atoms with van der Waals surface area (Å²) in [4.78, 5) is 18.3. The molecule has 2 saturated heterocycles. The van der Waals surface area contributed by atoms with Crippen molar-refractivity contribution in [2.75, 3.05) is 37.8 Å². The van der Waals surface area contributed by atoms with E-state index in [0.29, 0.717) is 24.9 Å². The molecule has 33 heavy (non-hydrogen) atoms. The molecule has 2 fully saturated rings. The highest BCUT2D eigenvalue weighted by Gasteiger charge is 2.28. The van der Waals surface area contributed by atoms with Crippen molar-refractivity contribution >= 4 is 28.4 Å². The average Bonchev–Trinajstić information content (AvgIpc) is 3.52. The number of nitrogens with zero attached hydrogens (tertiary/aromatic N) is 5. The van der Waals surface area contributed by atoms with E-state index < -0.39 is 0 Å². The van der Waals surface area contributed by atoms with E-state index in [1.807, 2.05) is 18.2 Å². The van der Waals surface area contributed by atoms with E-state index in [1.165, 1.54) is 0 Å². The lowest BCUT2D eigenvalue weighted by Crippen LogP contribution is -2.37. The smallest absolute Gasteiger partial charge is 0.228 e. The van der Waals surface area contributed by atoms with Crippen LogP contribution in [0.25, 0.3) is 33.1 Å². The predicted octanol–water partition coefficient (Wildman–Crippen LogP) is 4.46. The van der Waals surface area contributed by atoms with E-state index in [9.17, 15) is 5.11 Å². The van der Waals surface area contributed by atoms with Gasteiger partial charge in [0.1, 0.15) is 23.2 Å². The van der Waals surface area contributed by atoms with Gasteiger partial charge in [-0.2, -0.15) is 4.98 Å². The molecule has 1 atom stereocenters. The molecule has 0 saturated carbocycles. The summed E-state index contributed by atoms with van der Waals surface area (Å²) < 4.78 is 13.9. The first kappa shape index (κ1) is 20.6. The number of benzene rings is 1. The van der Waals surface area contributed by atoms with Crippen LogP contribution in [-0.2, 0) is 9.47 Å². The highest BCUT2D eigenvalue weighted by Crippen LogP contribution is 2.38. The Labute approximate surface area is 195 Å². The maximum Gasteiger partial charge on any atom is 0.228 e. The summed E-state index contributed by atoms with van der Waals surface area (Å²) in [5, 5.41) is 12.2. The van der Waals surface area contributed by atoms with Crippen molar-refractivity contribution in [3.8, 4) is 27.7 Å². The van der Waals surface area contributed by atoms with E-state index in [2.05, 4.69) is 20.9 Å². The SMILES string of the molecule is Oc1cccc(-c2nc(N3CCOCC3)nc3c2nc(-c2cccs2)n3C2CCCCO2)c1. The molecule has 0 amide bonds. The minimum absolute atomic E-state index is 0.120. The summed E-state index contributed by atoms with van der Waals surface area (Å²) in [6.45, 7) is 3.49. The molecule has 0 spiro atoms.